The number of pyridine rings is 1. The fourth-order valence-corrected chi connectivity index (χ4v) is 7.33. The van der Waals surface area contributed by atoms with Gasteiger partial charge in [0.1, 0.15) is 5.82 Å². The largest absolute Gasteiger partial charge is 0.509 e. The SMILES string of the molecule is Cc1ccc2c(c1)[N@@+]1(C)[CH-][N@+]2(c2[c-]c(Oc3[c-]c4c(cc3)c3ccccc3n4-c3cc(C(C)(C)C)ccn3)cc(C(C)(C)C)c2)C1.[Pt]. The monoisotopic (exact) mass is 800 g/mol. The van der Waals surface area contributed by atoms with Gasteiger partial charge >= 0.3 is 0 Å². The van der Waals surface area contributed by atoms with Crippen LogP contribution in [0.15, 0.2) is 85.1 Å². The van der Waals surface area contributed by atoms with Crippen molar-refractivity contribution in [2.75, 3.05) is 13.7 Å². The summed E-state index contributed by atoms with van der Waals surface area (Å²) in [5.41, 5.74) is 9.53. The average Bonchev–Trinajstić information content (AvgIpc) is 3.54. The van der Waals surface area contributed by atoms with Crippen molar-refractivity contribution in [3.63, 3.8) is 0 Å². The Morgan fingerprint density at radius 3 is 2.28 bits per heavy atom. The topological polar surface area (TPSA) is 27.1 Å². The molecular weight excluding hydrogens is 760 g/mol. The normalized spacial score (nSPS) is 20.2. The maximum Gasteiger partial charge on any atom is 0.179 e. The molecule has 0 saturated carbocycles. The number of ether oxygens (including phenoxy) is 1. The first-order chi connectivity index (χ1) is 21.7. The van der Waals surface area contributed by atoms with E-state index in [1.54, 1.807) is 0 Å². The van der Waals surface area contributed by atoms with Crippen LogP contribution in [-0.2, 0) is 31.9 Å². The van der Waals surface area contributed by atoms with Gasteiger partial charge in [0, 0.05) is 62.1 Å². The van der Waals surface area contributed by atoms with Crippen molar-refractivity contribution in [2.45, 2.75) is 59.3 Å². The second-order valence-electron chi connectivity index (χ2n) is 15.4. The first-order valence-corrected chi connectivity index (χ1v) is 16.2. The molecule has 242 valence electrons. The van der Waals surface area contributed by atoms with Crippen LogP contribution in [0.4, 0.5) is 17.1 Å². The van der Waals surface area contributed by atoms with E-state index >= 15 is 0 Å². The minimum absolute atomic E-state index is 0. The molecule has 6 aromatic rings. The minimum Gasteiger partial charge on any atom is -0.509 e. The molecule has 1 saturated heterocycles. The van der Waals surface area contributed by atoms with Crippen molar-refractivity contribution in [2.24, 2.45) is 0 Å². The van der Waals surface area contributed by atoms with Gasteiger partial charge < -0.3 is 18.3 Å². The Kier molecular flexibility index (Phi) is 7.19. The first-order valence-electron chi connectivity index (χ1n) is 16.2. The molecule has 3 aliphatic heterocycles. The zero-order valence-corrected chi connectivity index (χ0v) is 30.7. The van der Waals surface area contributed by atoms with E-state index in [2.05, 4.69) is 152 Å². The van der Waals surface area contributed by atoms with E-state index < -0.39 is 0 Å². The van der Waals surface area contributed by atoms with Crippen LogP contribution >= 0.6 is 0 Å². The minimum atomic E-state index is -0.0665. The Labute approximate surface area is 292 Å². The number of benzene rings is 4. The average molecular weight is 801 g/mol. The standard InChI is InChI=1S/C41H41N4O.Pt/c1-27-13-16-37-38(19-27)44(8)25-45(37,26-44)30-20-29(41(5,6)7)21-32(23-30)46-31-14-15-34-33-11-9-10-12-35(33)43(36(34)24-31)39-22-28(17-18-42-39)40(2,3)4;/h9-22,25H,26H2,1-8H3;/q-1;/t44-,45+;/m0./s1. The van der Waals surface area contributed by atoms with E-state index in [1.807, 2.05) is 12.3 Å². The van der Waals surface area contributed by atoms with E-state index in [9.17, 15) is 0 Å². The van der Waals surface area contributed by atoms with Crippen LogP contribution < -0.4 is 13.7 Å². The summed E-state index contributed by atoms with van der Waals surface area (Å²) in [6, 6.07) is 35.6. The molecule has 0 N–H and O–H groups in total. The van der Waals surface area contributed by atoms with Gasteiger partial charge in [-0.05, 0) is 52.5 Å². The molecule has 47 heavy (non-hydrogen) atoms. The zero-order chi connectivity index (χ0) is 32.2. The van der Waals surface area contributed by atoms with Crippen molar-refractivity contribution >= 4 is 38.9 Å². The maximum atomic E-state index is 6.71. The van der Waals surface area contributed by atoms with Crippen LogP contribution in [0, 0.1) is 25.7 Å². The molecule has 2 atom stereocenters. The molecule has 0 unspecified atom stereocenters. The van der Waals surface area contributed by atoms with Crippen molar-refractivity contribution in [1.29, 1.82) is 0 Å². The molecule has 2 aromatic heterocycles. The van der Waals surface area contributed by atoms with Crippen LogP contribution in [0.25, 0.3) is 27.6 Å². The van der Waals surface area contributed by atoms with Crippen LogP contribution in [0.3, 0.4) is 0 Å². The number of aryl methyl sites for hydroxylation is 1. The molecule has 0 radical (unpaired) electrons. The summed E-state index contributed by atoms with van der Waals surface area (Å²) < 4.78 is 10.4. The summed E-state index contributed by atoms with van der Waals surface area (Å²) >= 11 is 0. The maximum absolute atomic E-state index is 6.71. The number of nitrogens with zero attached hydrogens (tertiary/aromatic N) is 4. The van der Waals surface area contributed by atoms with Crippen molar-refractivity contribution in [3.8, 4) is 17.3 Å². The summed E-state index contributed by atoms with van der Waals surface area (Å²) in [4.78, 5) is 4.83. The van der Waals surface area contributed by atoms with Gasteiger partial charge in [0.25, 0.3) is 0 Å². The molecular formula is C41H41N4OPt-. The van der Waals surface area contributed by atoms with Crippen LogP contribution in [-0.4, -0.2) is 23.3 Å². The Hall–Kier alpha value is -3.76. The van der Waals surface area contributed by atoms with Gasteiger partial charge in [-0.1, -0.05) is 77.4 Å². The van der Waals surface area contributed by atoms with Gasteiger partial charge in [0.15, 0.2) is 18.0 Å². The van der Waals surface area contributed by atoms with Gasteiger partial charge in [-0.25, -0.2) is 4.98 Å². The number of rotatable bonds is 4. The van der Waals surface area contributed by atoms with E-state index in [4.69, 9.17) is 9.72 Å². The molecule has 1 fully saturated rings. The smallest absolute Gasteiger partial charge is 0.179 e. The fraction of sp³-hybridized carbons (Fsp3) is 0.268. The summed E-state index contributed by atoms with van der Waals surface area (Å²) in [7, 11) is 2.29. The molecule has 4 aromatic carbocycles. The van der Waals surface area contributed by atoms with Crippen LogP contribution in [0.5, 0.6) is 11.5 Å². The molecule has 5 heterocycles. The third-order valence-electron chi connectivity index (χ3n) is 9.82. The second kappa shape index (κ2) is 10.6. The molecule has 0 aliphatic carbocycles. The molecule has 9 rings (SSSR count). The van der Waals surface area contributed by atoms with E-state index in [-0.39, 0.29) is 31.9 Å². The number of para-hydroxylation sites is 1. The number of hydrogen-bond donors (Lipinski definition) is 0. The Bertz CT molecular complexity index is 2190. The number of aromatic nitrogens is 2. The molecule has 5 nitrogen and oxygen atoms in total. The van der Waals surface area contributed by atoms with Gasteiger partial charge in [-0.3, -0.25) is 0 Å². The van der Waals surface area contributed by atoms with Gasteiger partial charge in [0.05, 0.1) is 13.7 Å². The molecule has 0 amide bonds. The number of fused-ring (bicyclic) bond motifs is 3. The summed E-state index contributed by atoms with van der Waals surface area (Å²) in [5.74, 6) is 2.24. The Balaban J connectivity index is 0.00000351. The van der Waals surface area contributed by atoms with Crippen molar-refractivity contribution in [3.05, 3.63) is 121 Å². The molecule has 0 spiro atoms. The Morgan fingerprint density at radius 2 is 1.53 bits per heavy atom. The summed E-state index contributed by atoms with van der Waals surface area (Å²) in [5, 5.41) is 2.29. The van der Waals surface area contributed by atoms with Crippen LogP contribution in [0.1, 0.15) is 58.2 Å². The Morgan fingerprint density at radius 1 is 0.787 bits per heavy atom. The molecule has 2 bridgehead atoms. The first kappa shape index (κ1) is 31.8. The zero-order valence-electron chi connectivity index (χ0n) is 28.4. The van der Waals surface area contributed by atoms with E-state index in [0.29, 0.717) is 16.0 Å². The van der Waals surface area contributed by atoms with E-state index in [0.717, 1.165) is 39.1 Å². The van der Waals surface area contributed by atoms with Gasteiger partial charge in [0.2, 0.25) is 0 Å². The van der Waals surface area contributed by atoms with Crippen LogP contribution in [0.2, 0.25) is 0 Å². The van der Waals surface area contributed by atoms with E-state index in [1.165, 1.54) is 33.5 Å². The predicted molar refractivity (Wildman–Crippen MR) is 190 cm³/mol. The molecule has 6 heteroatoms. The fourth-order valence-electron chi connectivity index (χ4n) is 7.33. The van der Waals surface area contributed by atoms with Gasteiger partial charge in [-0.15, -0.1) is 35.2 Å². The number of quaternary nitrogens is 2. The summed E-state index contributed by atoms with van der Waals surface area (Å²) in [6.45, 7) is 19.0. The quantitative estimate of drug-likeness (QED) is 0.131. The second-order valence-corrected chi connectivity index (χ2v) is 15.4. The van der Waals surface area contributed by atoms with Crippen molar-refractivity contribution < 1.29 is 25.8 Å². The summed E-state index contributed by atoms with van der Waals surface area (Å²) in [6.07, 6.45) is 1.91. The molecule has 3 aliphatic rings. The van der Waals surface area contributed by atoms with Gasteiger partial charge in [-0.2, -0.15) is 6.07 Å². The number of hydrogen-bond acceptors (Lipinski definition) is 2. The third-order valence-corrected chi connectivity index (χ3v) is 9.82. The van der Waals surface area contributed by atoms with Crippen molar-refractivity contribution in [1.82, 2.24) is 18.5 Å². The third kappa shape index (κ3) is 4.98. The predicted octanol–water partition coefficient (Wildman–Crippen LogP) is 10.2.